The monoisotopic (exact) mass is 471 g/mol. The molecule has 1 aromatic carbocycles. The Kier molecular flexibility index (Phi) is 10.9. The Bertz CT molecular complexity index is 960. The van der Waals surface area contributed by atoms with E-state index >= 15 is 0 Å². The van der Waals surface area contributed by atoms with Crippen molar-refractivity contribution in [2.24, 2.45) is 23.1 Å². The van der Waals surface area contributed by atoms with Crippen molar-refractivity contribution in [2.45, 2.75) is 45.2 Å². The van der Waals surface area contributed by atoms with Crippen LogP contribution in [0.4, 0.5) is 5.69 Å². The van der Waals surface area contributed by atoms with Crippen LogP contribution in [0.2, 0.25) is 0 Å². The number of carbonyl (C=O) groups excluding carboxylic acids is 3. The third-order valence-electron chi connectivity index (χ3n) is 5.41. The first-order valence-corrected chi connectivity index (χ1v) is 11.6. The van der Waals surface area contributed by atoms with Crippen LogP contribution in [-0.2, 0) is 14.4 Å². The van der Waals surface area contributed by atoms with Crippen molar-refractivity contribution in [1.82, 2.24) is 15.2 Å². The third kappa shape index (κ3) is 8.36. The summed E-state index contributed by atoms with van der Waals surface area (Å²) < 4.78 is 0. The van der Waals surface area contributed by atoms with E-state index in [1.54, 1.807) is 6.20 Å². The summed E-state index contributed by atoms with van der Waals surface area (Å²) in [4.78, 5) is 44.1. The van der Waals surface area contributed by atoms with Crippen LogP contribution < -0.4 is 27.8 Å². The summed E-state index contributed by atoms with van der Waals surface area (Å²) >= 11 is 0. The predicted molar refractivity (Wildman–Crippen MR) is 134 cm³/mol. The largest absolute Gasteiger partial charge is 0.343 e. The minimum Gasteiger partial charge on any atom is -0.343 e. The first kappa shape index (κ1) is 27.2. The maximum Gasteiger partial charge on any atom is 0.246 e. The number of carbonyl (C=O) groups is 3. The molecule has 2 unspecified atom stereocenters. The molecule has 0 aliphatic heterocycles. The normalized spacial score (nSPS) is 12.9. The topological polar surface area (TPSA) is 169 Å². The molecule has 3 amide bonds. The number of fused-ring (bicyclic) bond motifs is 1. The fourth-order valence-corrected chi connectivity index (χ4v) is 3.50. The van der Waals surface area contributed by atoms with Gasteiger partial charge in [-0.15, -0.1) is 0 Å². The van der Waals surface area contributed by atoms with E-state index in [4.69, 9.17) is 17.2 Å². The second-order valence-corrected chi connectivity index (χ2v) is 8.71. The van der Waals surface area contributed by atoms with Crippen molar-refractivity contribution in [2.75, 3.05) is 31.5 Å². The number of nitrogens with two attached hydrogens (primary N) is 3. The van der Waals surface area contributed by atoms with Gasteiger partial charge in [-0.1, -0.05) is 32.0 Å². The molecule has 1 heterocycles. The average Bonchev–Trinajstić information content (AvgIpc) is 2.81. The van der Waals surface area contributed by atoms with E-state index in [1.165, 1.54) is 4.90 Å². The van der Waals surface area contributed by atoms with Gasteiger partial charge in [0.2, 0.25) is 17.7 Å². The molecule has 34 heavy (non-hydrogen) atoms. The van der Waals surface area contributed by atoms with Gasteiger partial charge in [-0.25, -0.2) is 0 Å². The Balaban J connectivity index is 2.05. The summed E-state index contributed by atoms with van der Waals surface area (Å²) in [7, 11) is 0. The van der Waals surface area contributed by atoms with Crippen LogP contribution in [-0.4, -0.2) is 65.9 Å². The molecule has 0 saturated carbocycles. The lowest BCUT2D eigenvalue weighted by molar-refractivity contribution is -0.134. The smallest absolute Gasteiger partial charge is 0.246 e. The average molecular weight is 472 g/mol. The van der Waals surface area contributed by atoms with Gasteiger partial charge in [0.1, 0.15) is 6.04 Å². The van der Waals surface area contributed by atoms with Gasteiger partial charge in [-0.2, -0.15) is 0 Å². The summed E-state index contributed by atoms with van der Waals surface area (Å²) in [5, 5.41) is 6.45. The minimum absolute atomic E-state index is 0.195. The van der Waals surface area contributed by atoms with Gasteiger partial charge in [0.15, 0.2) is 0 Å². The van der Waals surface area contributed by atoms with Crippen molar-refractivity contribution >= 4 is 34.3 Å². The van der Waals surface area contributed by atoms with Gasteiger partial charge in [0.25, 0.3) is 0 Å². The first-order chi connectivity index (χ1) is 16.2. The van der Waals surface area contributed by atoms with Crippen molar-refractivity contribution in [3.8, 4) is 0 Å². The quantitative estimate of drug-likeness (QED) is 0.284. The highest BCUT2D eigenvalue weighted by Gasteiger charge is 2.26. The highest BCUT2D eigenvalue weighted by Crippen LogP contribution is 2.17. The van der Waals surface area contributed by atoms with E-state index < -0.39 is 18.0 Å². The molecule has 8 N–H and O–H groups in total. The number of nitrogens with zero attached hydrogens (tertiary/aromatic N) is 2. The van der Waals surface area contributed by atoms with Gasteiger partial charge in [0.05, 0.1) is 29.9 Å². The lowest BCUT2D eigenvalue weighted by Gasteiger charge is -2.24. The molecule has 1 aromatic heterocycles. The first-order valence-electron chi connectivity index (χ1n) is 11.6. The van der Waals surface area contributed by atoms with Crippen LogP contribution in [0.1, 0.15) is 33.1 Å². The van der Waals surface area contributed by atoms with Gasteiger partial charge >= 0.3 is 0 Å². The number of benzene rings is 1. The van der Waals surface area contributed by atoms with Crippen molar-refractivity contribution in [1.29, 1.82) is 0 Å². The van der Waals surface area contributed by atoms with E-state index in [0.29, 0.717) is 31.1 Å². The number of anilines is 1. The Morgan fingerprint density at radius 3 is 2.35 bits per heavy atom. The molecule has 0 aliphatic rings. The van der Waals surface area contributed by atoms with E-state index in [0.717, 1.165) is 17.3 Å². The molecule has 10 heteroatoms. The van der Waals surface area contributed by atoms with Gasteiger partial charge < -0.3 is 32.7 Å². The summed E-state index contributed by atoms with van der Waals surface area (Å²) in [6, 6.07) is 7.52. The number of hydrogen-bond acceptors (Lipinski definition) is 7. The van der Waals surface area contributed by atoms with Crippen LogP contribution >= 0.6 is 0 Å². The highest BCUT2D eigenvalue weighted by molar-refractivity contribution is 5.99. The van der Waals surface area contributed by atoms with Crippen LogP contribution in [0.15, 0.2) is 36.5 Å². The second-order valence-electron chi connectivity index (χ2n) is 8.71. The fourth-order valence-electron chi connectivity index (χ4n) is 3.50. The standard InChI is InChI=1S/C24H37N7O3/c1-16(2)7-8-21(24(34)29-18-13-17-5-3-4-6-20(17)28-15-18)30-23(33)19(27)14-22(32)31(11-9-25)12-10-26/h3-6,13,15-16,19,21H,7-12,14,25-27H2,1-2H3,(H,29,34)(H,30,33). The molecule has 10 nitrogen and oxygen atoms in total. The number of para-hydroxylation sites is 1. The Morgan fingerprint density at radius 2 is 1.71 bits per heavy atom. The summed E-state index contributed by atoms with van der Waals surface area (Å²) in [6.45, 7) is 5.32. The van der Waals surface area contributed by atoms with Crippen LogP contribution in [0, 0.1) is 5.92 Å². The maximum absolute atomic E-state index is 13.0. The fraction of sp³-hybridized carbons (Fsp3) is 0.500. The third-order valence-corrected chi connectivity index (χ3v) is 5.41. The summed E-state index contributed by atoms with van der Waals surface area (Å²) in [5.41, 5.74) is 18.4. The molecule has 0 aliphatic carbocycles. The Hall–Kier alpha value is -3.08. The van der Waals surface area contributed by atoms with Gasteiger partial charge in [0, 0.05) is 31.6 Å². The lowest BCUT2D eigenvalue weighted by atomic mass is 10.0. The minimum atomic E-state index is -1.10. The zero-order chi connectivity index (χ0) is 25.1. The van der Waals surface area contributed by atoms with E-state index in [2.05, 4.69) is 15.6 Å². The molecule has 2 atom stereocenters. The molecule has 2 rings (SSSR count). The van der Waals surface area contributed by atoms with Crippen molar-refractivity contribution in [3.63, 3.8) is 0 Å². The number of amides is 3. The summed E-state index contributed by atoms with van der Waals surface area (Å²) in [5.74, 6) is -0.887. The number of hydrogen-bond donors (Lipinski definition) is 5. The van der Waals surface area contributed by atoms with Crippen LogP contribution in [0.3, 0.4) is 0 Å². The lowest BCUT2D eigenvalue weighted by Crippen LogP contribution is -2.51. The van der Waals surface area contributed by atoms with E-state index in [-0.39, 0.29) is 31.3 Å². The highest BCUT2D eigenvalue weighted by atomic mass is 16.2. The van der Waals surface area contributed by atoms with Crippen molar-refractivity contribution < 1.29 is 14.4 Å². The maximum atomic E-state index is 13.0. The number of pyridine rings is 1. The molecule has 0 radical (unpaired) electrons. The van der Waals surface area contributed by atoms with E-state index in [1.807, 2.05) is 44.2 Å². The summed E-state index contributed by atoms with van der Waals surface area (Å²) in [6.07, 6.45) is 2.54. The number of nitrogens with one attached hydrogen (secondary N) is 2. The molecular weight excluding hydrogens is 434 g/mol. The number of aromatic nitrogens is 1. The Labute approximate surface area is 200 Å². The van der Waals surface area contributed by atoms with E-state index in [9.17, 15) is 14.4 Å². The molecule has 0 saturated heterocycles. The molecule has 0 fully saturated rings. The van der Waals surface area contributed by atoms with Crippen LogP contribution in [0.5, 0.6) is 0 Å². The zero-order valence-corrected chi connectivity index (χ0v) is 20.0. The molecule has 0 spiro atoms. The van der Waals surface area contributed by atoms with Crippen molar-refractivity contribution in [3.05, 3.63) is 36.5 Å². The Morgan fingerprint density at radius 1 is 1.03 bits per heavy atom. The molecule has 186 valence electrons. The molecule has 0 bridgehead atoms. The van der Waals surface area contributed by atoms with Gasteiger partial charge in [-0.05, 0) is 30.9 Å². The molecular formula is C24H37N7O3. The zero-order valence-electron chi connectivity index (χ0n) is 20.0. The van der Waals surface area contributed by atoms with Gasteiger partial charge in [-0.3, -0.25) is 19.4 Å². The SMILES string of the molecule is CC(C)CCC(NC(=O)C(N)CC(=O)N(CCN)CCN)C(=O)Nc1cnc2ccccc2c1. The van der Waals surface area contributed by atoms with Crippen LogP contribution in [0.25, 0.3) is 10.9 Å². The molecule has 2 aromatic rings. The second kappa shape index (κ2) is 13.6. The number of rotatable bonds is 13. The predicted octanol–water partition coefficient (Wildman–Crippen LogP) is 0.558.